The summed E-state index contributed by atoms with van der Waals surface area (Å²) >= 11 is 0. The van der Waals surface area contributed by atoms with Crippen LogP contribution in [0, 0.1) is 0 Å². The van der Waals surface area contributed by atoms with Crippen molar-refractivity contribution in [2.45, 2.75) is 130 Å². The average molecular weight is 1690 g/mol. The lowest BCUT2D eigenvalue weighted by molar-refractivity contribution is -0.386. The first-order chi connectivity index (χ1) is 42.5. The van der Waals surface area contributed by atoms with E-state index in [1.54, 1.807) is 0 Å². The fourth-order valence-corrected chi connectivity index (χ4v) is 14.1. The third-order valence-electron chi connectivity index (χ3n) is 10.8. The van der Waals surface area contributed by atoms with Crippen molar-refractivity contribution >= 4 is 135 Å². The van der Waals surface area contributed by atoms with Gasteiger partial charge in [0.05, 0.1) is 25.9 Å². The summed E-state index contributed by atoms with van der Waals surface area (Å²) in [6.07, 6.45) is -70.1. The van der Waals surface area contributed by atoms with Crippen LogP contribution in [0.2, 0.25) is 0 Å². The minimum absolute atomic E-state index is 0.486. The van der Waals surface area contributed by atoms with Crippen LogP contribution in [-0.4, -0.2) is 311 Å². The van der Waals surface area contributed by atoms with Crippen molar-refractivity contribution in [1.82, 2.24) is 0 Å². The maximum absolute atomic E-state index is 12.7. The summed E-state index contributed by atoms with van der Waals surface area (Å²) < 4.78 is 535. The SMILES string of the molecule is C[C@H]1O[C@H](O[C@H]2O[C@H](COS(=O)(=O)O)[C@@H](O[C@@H]3O[C@H](COS(=O)(=O)O)[C@@H](O[C@H]4O[C@H](COS(=O)(=O)O)[C@@H](OS(=O)(=O)O)[C@H](OS(=O)(=O)O)[C@H]4OS(=O)(=O)O)[C@H](OS(=O)(=O)O)[C@H]3OS(=O)(=O)O)[C@H](OS(=O)(=O)O)[C@H]2OS(=O)(=O)O)[C@H](OS(=O)(=O)O)[C@@H](OS(=O)(=O)O)[C@@H]1OS(=O)(=O)O. The van der Waals surface area contributed by atoms with Gasteiger partial charge in [0.15, 0.2) is 49.6 Å². The van der Waals surface area contributed by atoms with E-state index in [4.69, 9.17) is 33.2 Å². The molecular formula is C24H42O59S13. The summed E-state index contributed by atoms with van der Waals surface area (Å²) in [5, 5.41) is 0. The number of ether oxygens (including phenoxy) is 7. The van der Waals surface area contributed by atoms with E-state index >= 15 is 0 Å². The molecule has 20 atom stereocenters. The Morgan fingerprint density at radius 1 is 0.219 bits per heavy atom. The minimum Gasteiger partial charge on any atom is -0.344 e. The topological polar surface area (TPSA) is 891 Å². The maximum Gasteiger partial charge on any atom is 0.397 e. The molecule has 59 nitrogen and oxygen atoms in total. The van der Waals surface area contributed by atoms with Crippen LogP contribution in [0.4, 0.5) is 0 Å². The lowest BCUT2D eigenvalue weighted by Crippen LogP contribution is -2.69. The van der Waals surface area contributed by atoms with Crippen molar-refractivity contribution in [3.63, 3.8) is 0 Å². The van der Waals surface area contributed by atoms with Crippen LogP contribution in [0.1, 0.15) is 6.92 Å². The molecule has 0 aliphatic carbocycles. The first-order valence-corrected chi connectivity index (χ1v) is 40.3. The summed E-state index contributed by atoms with van der Waals surface area (Å²) in [5.41, 5.74) is 0. The van der Waals surface area contributed by atoms with Gasteiger partial charge in [0.2, 0.25) is 0 Å². The third-order valence-corrected chi connectivity index (χ3v) is 16.8. The Labute approximate surface area is 537 Å². The van der Waals surface area contributed by atoms with Gasteiger partial charge in [-0.15, -0.1) is 0 Å². The second kappa shape index (κ2) is 31.2. The molecule has 4 fully saturated rings. The van der Waals surface area contributed by atoms with Crippen LogP contribution in [0.5, 0.6) is 0 Å². The molecule has 0 amide bonds. The summed E-state index contributed by atoms with van der Waals surface area (Å²) in [4.78, 5) is 0. The molecule has 4 heterocycles. The molecule has 13 N–H and O–H groups in total. The molecule has 4 rings (SSSR count). The number of hydrogen-bond acceptors (Lipinski definition) is 46. The van der Waals surface area contributed by atoms with Crippen molar-refractivity contribution < 1.29 is 256 Å². The lowest BCUT2D eigenvalue weighted by atomic mass is 9.96. The van der Waals surface area contributed by atoms with Gasteiger partial charge < -0.3 is 33.2 Å². The fourth-order valence-electron chi connectivity index (χ4n) is 8.18. The predicted octanol–water partition coefficient (Wildman–Crippen LogP) is -11.0. The van der Waals surface area contributed by atoms with Crippen molar-refractivity contribution in [1.29, 1.82) is 0 Å². The van der Waals surface area contributed by atoms with Gasteiger partial charge in [-0.1, -0.05) is 0 Å². The average Bonchev–Trinajstić information content (AvgIpc) is 0.764. The van der Waals surface area contributed by atoms with E-state index in [-0.39, 0.29) is 0 Å². The summed E-state index contributed by atoms with van der Waals surface area (Å²) in [7, 11) is -83.0. The Morgan fingerprint density at radius 2 is 0.396 bits per heavy atom. The zero-order chi connectivity index (χ0) is 74.3. The molecule has 4 aliphatic heterocycles. The third kappa shape index (κ3) is 30.5. The fraction of sp³-hybridized carbons (Fsp3) is 1.00. The van der Waals surface area contributed by atoms with Crippen LogP contribution in [-0.2, 0) is 223 Å². The molecule has 0 aromatic carbocycles. The van der Waals surface area contributed by atoms with Gasteiger partial charge in [-0.3, -0.25) is 59.2 Å². The highest BCUT2D eigenvalue weighted by molar-refractivity contribution is 7.83. The molecule has 72 heteroatoms. The molecule has 96 heavy (non-hydrogen) atoms. The molecule has 570 valence electrons. The zero-order valence-corrected chi connectivity index (χ0v) is 55.2. The predicted molar refractivity (Wildman–Crippen MR) is 268 cm³/mol. The first kappa shape index (κ1) is 86.4. The standard InChI is InChI=1S/C24H42O59S13/c1-5-9(74-87(34,35)36)13(76-89(40,41)42)17(80-93(52,53)54)21(67-5)73-24-19(82-95(58,59)60)15(78-91(46,47)48)11(7(69-24)3-65-85(28,29)30)71-22-18(81-94(55,56)57)14(77-90(43,44)45)10(6(68-22)2-64-84(25,26)27)72-23-20(83-96(61,62)63)16(79-92(49,50)51)12(75-88(37,38)39)8(70-23)4-66-86(31,32)33/h5-24H,2-4H2,1H3,(H,25,26,27)(H,28,29,30)(H,31,32,33)(H,34,35,36)(H,37,38,39)(H,40,41,42)(H,43,44,45)(H,46,47,48)(H,49,50,51)(H,52,53,54)(H,55,56,57)(H,58,59,60)(H,61,62,63)/t5-,6-,7-,8-,9-,10-,11-,12-,13+,14+,15+,16+,17-,18-,19-,20-,21-,22+,23-,24-/m1/s1. The highest BCUT2D eigenvalue weighted by Gasteiger charge is 2.63. The first-order valence-electron chi connectivity index (χ1n) is 22.5. The quantitative estimate of drug-likeness (QED) is 0.0262. The maximum atomic E-state index is 12.7. The van der Waals surface area contributed by atoms with Gasteiger partial charge >= 0.3 is 135 Å². The Morgan fingerprint density at radius 3 is 0.635 bits per heavy atom. The molecular weight excluding hydrogens is 1650 g/mol. The second-order valence-electron chi connectivity index (χ2n) is 17.7. The van der Waals surface area contributed by atoms with Crippen molar-refractivity contribution in [2.24, 2.45) is 0 Å². The van der Waals surface area contributed by atoms with E-state index in [1.807, 2.05) is 0 Å². The Hall–Kier alpha value is -1.97. The van der Waals surface area contributed by atoms with Crippen LogP contribution >= 0.6 is 0 Å². The summed E-state index contributed by atoms with van der Waals surface area (Å²) in [6.45, 7) is -6.37. The van der Waals surface area contributed by atoms with Crippen molar-refractivity contribution in [3.05, 3.63) is 0 Å². The lowest BCUT2D eigenvalue weighted by Gasteiger charge is -2.50. The van der Waals surface area contributed by atoms with E-state index in [0.29, 0.717) is 6.92 Å². The second-order valence-corrected chi connectivity index (χ2v) is 31.5. The molecule has 0 spiro atoms. The normalized spacial score (nSPS) is 33.4. The molecule has 0 saturated carbocycles. The summed E-state index contributed by atoms with van der Waals surface area (Å²) in [6, 6.07) is 0. The van der Waals surface area contributed by atoms with Gasteiger partial charge in [-0.05, 0) is 6.92 Å². The van der Waals surface area contributed by atoms with E-state index in [9.17, 15) is 169 Å². The van der Waals surface area contributed by atoms with Gasteiger partial charge in [-0.2, -0.15) is 109 Å². The van der Waals surface area contributed by atoms with Crippen LogP contribution in [0.15, 0.2) is 0 Å². The number of hydrogen-bond donors (Lipinski definition) is 13. The highest BCUT2D eigenvalue weighted by atomic mass is 32.3. The van der Waals surface area contributed by atoms with Crippen LogP contribution < -0.4 is 0 Å². The Kier molecular flexibility index (Phi) is 28.1. The highest BCUT2D eigenvalue weighted by Crippen LogP contribution is 2.41. The molecule has 0 aromatic heterocycles. The number of rotatable bonds is 35. The van der Waals surface area contributed by atoms with Gasteiger partial charge in [0.1, 0.15) is 67.1 Å². The molecule has 0 unspecified atom stereocenters. The summed E-state index contributed by atoms with van der Waals surface area (Å²) in [5.74, 6) is 0. The van der Waals surface area contributed by atoms with E-state index in [2.05, 4.69) is 54.4 Å². The van der Waals surface area contributed by atoms with Crippen molar-refractivity contribution in [2.75, 3.05) is 19.8 Å². The minimum atomic E-state index is -6.74. The molecule has 4 saturated heterocycles. The van der Waals surface area contributed by atoms with Crippen molar-refractivity contribution in [3.8, 4) is 0 Å². The van der Waals surface area contributed by atoms with E-state index in [0.717, 1.165) is 0 Å². The van der Waals surface area contributed by atoms with Gasteiger partial charge in [-0.25, -0.2) is 54.4 Å². The van der Waals surface area contributed by atoms with Gasteiger partial charge in [0.25, 0.3) is 0 Å². The largest absolute Gasteiger partial charge is 0.397 e. The Bertz CT molecular complexity index is 4300. The van der Waals surface area contributed by atoms with Crippen LogP contribution in [0.25, 0.3) is 0 Å². The van der Waals surface area contributed by atoms with Gasteiger partial charge in [0, 0.05) is 0 Å². The monoisotopic (exact) mass is 1690 g/mol. The van der Waals surface area contributed by atoms with Crippen LogP contribution in [0.3, 0.4) is 0 Å². The molecule has 4 aliphatic rings. The molecule has 0 radical (unpaired) electrons. The van der Waals surface area contributed by atoms with E-state index in [1.165, 1.54) is 0 Å². The molecule has 0 aromatic rings. The molecule has 0 bridgehead atoms. The van der Waals surface area contributed by atoms with E-state index < -0.39 is 278 Å². The Balaban J connectivity index is 2.15. The zero-order valence-electron chi connectivity index (χ0n) is 44.6. The smallest absolute Gasteiger partial charge is 0.344 e.